The first-order chi connectivity index (χ1) is 13.9. The maximum atomic E-state index is 14.0. The first-order valence-electron chi connectivity index (χ1n) is 9.69. The van der Waals surface area contributed by atoms with E-state index in [1.807, 2.05) is 4.90 Å². The van der Waals surface area contributed by atoms with Crippen LogP contribution in [0.4, 0.5) is 14.5 Å². The second kappa shape index (κ2) is 7.90. The highest BCUT2D eigenvalue weighted by molar-refractivity contribution is 5.94. The molecule has 0 spiro atoms. The number of rotatable bonds is 3. The molecule has 2 atom stereocenters. The Balaban J connectivity index is 1.53. The second-order valence-electron chi connectivity index (χ2n) is 7.53. The second-order valence-corrected chi connectivity index (χ2v) is 7.53. The topological polar surface area (TPSA) is 78.7 Å². The number of aliphatic hydroxyl groups is 1. The average molecular weight is 404 g/mol. The number of hydrogen-bond acceptors (Lipinski definition) is 5. The molecule has 0 saturated carbocycles. The smallest absolute Gasteiger partial charge is 0.269 e. The molecule has 1 aromatic heterocycles. The minimum absolute atomic E-state index is 0.154. The number of carbonyl (C=O) groups is 1. The molecule has 1 amide bonds. The van der Waals surface area contributed by atoms with E-state index < -0.39 is 29.2 Å². The molecule has 0 bridgehead atoms. The molecule has 4 rings (SSSR count). The van der Waals surface area contributed by atoms with Gasteiger partial charge in [0, 0.05) is 32.2 Å². The summed E-state index contributed by atoms with van der Waals surface area (Å²) in [5, 5.41) is 13.9. The molecule has 2 fully saturated rings. The van der Waals surface area contributed by atoms with Gasteiger partial charge in [0.15, 0.2) is 0 Å². The van der Waals surface area contributed by atoms with Crippen LogP contribution < -0.4 is 10.5 Å². The summed E-state index contributed by atoms with van der Waals surface area (Å²) in [4.78, 5) is 28.6. The lowest BCUT2D eigenvalue weighted by atomic mass is 10.0. The molecule has 2 saturated heterocycles. The number of carbonyl (C=O) groups excluding carboxylic acids is 1. The summed E-state index contributed by atoms with van der Waals surface area (Å²) in [6.45, 7) is 1.64. The first kappa shape index (κ1) is 19.5. The number of halogens is 2. The summed E-state index contributed by atoms with van der Waals surface area (Å²) in [6, 6.07) is 4.43. The van der Waals surface area contributed by atoms with Crippen molar-refractivity contribution in [2.45, 2.75) is 31.4 Å². The van der Waals surface area contributed by atoms with Crippen LogP contribution in [0.3, 0.4) is 0 Å². The lowest BCUT2D eigenvalue weighted by Gasteiger charge is -2.33. The third-order valence-corrected chi connectivity index (χ3v) is 5.55. The number of β-amino-alcohol motifs (C(OH)–C–C–N with tert-alkyl or cyclic N) is 1. The molecule has 7 nitrogen and oxygen atoms in total. The van der Waals surface area contributed by atoms with Gasteiger partial charge in [-0.25, -0.2) is 13.5 Å². The van der Waals surface area contributed by atoms with Crippen molar-refractivity contribution in [2.24, 2.45) is 0 Å². The Morgan fingerprint density at radius 3 is 2.55 bits per heavy atom. The molecule has 2 aromatic rings. The maximum Gasteiger partial charge on any atom is 0.269 e. The SMILES string of the molecule is O=C(c1c(F)cccc1F)N1CCC[C@H](n2ncc(N3CC[C@H](O)C3)cc2=O)C1. The number of aliphatic hydroxyl groups excluding tert-OH is 1. The van der Waals surface area contributed by atoms with Crippen LogP contribution in [0, 0.1) is 11.6 Å². The van der Waals surface area contributed by atoms with Gasteiger partial charge >= 0.3 is 0 Å². The van der Waals surface area contributed by atoms with Crippen LogP contribution in [-0.4, -0.2) is 58.0 Å². The molecule has 2 aliphatic heterocycles. The van der Waals surface area contributed by atoms with E-state index in [4.69, 9.17) is 0 Å². The number of anilines is 1. The predicted octanol–water partition coefficient (Wildman–Crippen LogP) is 1.57. The lowest BCUT2D eigenvalue weighted by Crippen LogP contribution is -2.44. The molecule has 0 aliphatic carbocycles. The van der Waals surface area contributed by atoms with Crippen molar-refractivity contribution in [3.63, 3.8) is 0 Å². The molecule has 29 heavy (non-hydrogen) atoms. The van der Waals surface area contributed by atoms with Gasteiger partial charge in [-0.05, 0) is 31.4 Å². The van der Waals surface area contributed by atoms with E-state index >= 15 is 0 Å². The minimum Gasteiger partial charge on any atom is -0.391 e. The highest BCUT2D eigenvalue weighted by Crippen LogP contribution is 2.24. The molecule has 0 unspecified atom stereocenters. The molecular formula is C20H22F2N4O3. The van der Waals surface area contributed by atoms with Gasteiger partial charge in [0.2, 0.25) is 0 Å². The van der Waals surface area contributed by atoms with E-state index in [0.717, 1.165) is 12.1 Å². The number of benzene rings is 1. The van der Waals surface area contributed by atoms with Crippen LogP contribution in [0.1, 0.15) is 35.7 Å². The van der Waals surface area contributed by atoms with Crippen LogP contribution in [0.15, 0.2) is 35.3 Å². The molecule has 2 aliphatic rings. The molecule has 9 heteroatoms. The van der Waals surface area contributed by atoms with Gasteiger partial charge < -0.3 is 14.9 Å². The third kappa shape index (κ3) is 3.87. The Labute approximate surface area is 166 Å². The third-order valence-electron chi connectivity index (χ3n) is 5.55. The zero-order valence-electron chi connectivity index (χ0n) is 15.8. The van der Waals surface area contributed by atoms with Crippen LogP contribution in [0.25, 0.3) is 0 Å². The van der Waals surface area contributed by atoms with Crippen molar-refractivity contribution in [3.8, 4) is 0 Å². The largest absolute Gasteiger partial charge is 0.391 e. The highest BCUT2D eigenvalue weighted by atomic mass is 19.1. The van der Waals surface area contributed by atoms with E-state index in [9.17, 15) is 23.5 Å². The Morgan fingerprint density at radius 1 is 1.14 bits per heavy atom. The maximum absolute atomic E-state index is 14.0. The van der Waals surface area contributed by atoms with Gasteiger partial charge in [-0.2, -0.15) is 5.10 Å². The summed E-state index contributed by atoms with van der Waals surface area (Å²) in [5.74, 6) is -2.52. The summed E-state index contributed by atoms with van der Waals surface area (Å²) < 4.78 is 29.3. The molecule has 0 radical (unpaired) electrons. The van der Waals surface area contributed by atoms with E-state index in [2.05, 4.69) is 5.10 Å². The summed E-state index contributed by atoms with van der Waals surface area (Å²) >= 11 is 0. The van der Waals surface area contributed by atoms with Crippen LogP contribution in [-0.2, 0) is 0 Å². The fraction of sp³-hybridized carbons (Fsp3) is 0.450. The zero-order chi connectivity index (χ0) is 20.5. The number of hydrogen-bond donors (Lipinski definition) is 1. The fourth-order valence-electron chi connectivity index (χ4n) is 4.03. The minimum atomic E-state index is -0.899. The van der Waals surface area contributed by atoms with Crippen molar-refractivity contribution < 1.29 is 18.7 Å². The molecule has 1 N–H and O–H groups in total. The van der Waals surface area contributed by atoms with Crippen molar-refractivity contribution >= 4 is 11.6 Å². The van der Waals surface area contributed by atoms with E-state index in [1.54, 1.807) is 6.20 Å². The average Bonchev–Trinajstić information content (AvgIpc) is 3.14. The van der Waals surface area contributed by atoms with Gasteiger partial charge in [-0.3, -0.25) is 9.59 Å². The fourth-order valence-corrected chi connectivity index (χ4v) is 4.03. The van der Waals surface area contributed by atoms with E-state index in [-0.39, 0.29) is 18.1 Å². The van der Waals surface area contributed by atoms with Crippen molar-refractivity contribution in [1.82, 2.24) is 14.7 Å². The predicted molar refractivity (Wildman–Crippen MR) is 102 cm³/mol. The van der Waals surface area contributed by atoms with Gasteiger partial charge in [0.25, 0.3) is 11.5 Å². The van der Waals surface area contributed by atoms with Crippen molar-refractivity contribution in [3.05, 3.63) is 58.0 Å². The number of nitrogens with zero attached hydrogens (tertiary/aromatic N) is 4. The number of aromatic nitrogens is 2. The van der Waals surface area contributed by atoms with E-state index in [0.29, 0.717) is 44.6 Å². The first-order valence-corrected chi connectivity index (χ1v) is 9.69. The number of likely N-dealkylation sites (tertiary alicyclic amines) is 1. The quantitative estimate of drug-likeness (QED) is 0.840. The Kier molecular flexibility index (Phi) is 5.31. The normalized spacial score (nSPS) is 22.2. The lowest BCUT2D eigenvalue weighted by molar-refractivity contribution is 0.0660. The molecule has 3 heterocycles. The summed E-state index contributed by atoms with van der Waals surface area (Å²) in [7, 11) is 0. The Morgan fingerprint density at radius 2 is 1.90 bits per heavy atom. The highest BCUT2D eigenvalue weighted by Gasteiger charge is 2.30. The standard InChI is InChI=1S/C20H22F2N4O3/c21-16-4-1-5-17(22)19(16)20(29)25-7-2-3-13(11-25)26-18(28)9-14(10-23-26)24-8-6-15(27)12-24/h1,4-5,9-10,13,15,27H,2-3,6-8,11-12H2/t13-,15-/m0/s1. The monoisotopic (exact) mass is 404 g/mol. The zero-order valence-corrected chi connectivity index (χ0v) is 15.8. The number of piperidine rings is 1. The van der Waals surface area contributed by atoms with Gasteiger partial charge in [-0.15, -0.1) is 0 Å². The summed E-state index contributed by atoms with van der Waals surface area (Å²) in [5.41, 5.74) is -0.225. The van der Waals surface area contributed by atoms with Crippen molar-refractivity contribution in [2.75, 3.05) is 31.1 Å². The number of amides is 1. The molecule has 154 valence electrons. The Bertz CT molecular complexity index is 960. The van der Waals surface area contributed by atoms with Gasteiger partial charge in [-0.1, -0.05) is 6.07 Å². The van der Waals surface area contributed by atoms with Gasteiger partial charge in [0.05, 0.1) is 24.0 Å². The molecular weight excluding hydrogens is 382 g/mol. The molecule has 1 aromatic carbocycles. The van der Waals surface area contributed by atoms with Crippen molar-refractivity contribution in [1.29, 1.82) is 0 Å². The van der Waals surface area contributed by atoms with Crippen LogP contribution >= 0.6 is 0 Å². The Hall–Kier alpha value is -2.81. The van der Waals surface area contributed by atoms with Gasteiger partial charge in [0.1, 0.15) is 17.2 Å². The summed E-state index contributed by atoms with van der Waals surface area (Å²) in [6.07, 6.45) is 3.06. The van der Waals surface area contributed by atoms with Crippen LogP contribution in [0.5, 0.6) is 0 Å². The van der Waals surface area contributed by atoms with Crippen LogP contribution in [0.2, 0.25) is 0 Å². The van der Waals surface area contributed by atoms with E-state index in [1.165, 1.54) is 21.7 Å².